The maximum Gasteiger partial charge on any atom is 0.343 e. The van der Waals surface area contributed by atoms with Crippen molar-refractivity contribution in [3.05, 3.63) is 100 Å². The highest BCUT2D eigenvalue weighted by atomic mass is 19.1. The van der Waals surface area contributed by atoms with Gasteiger partial charge in [-0.25, -0.2) is 14.0 Å². The second-order valence-electron chi connectivity index (χ2n) is 7.14. The number of halogens is 1. The van der Waals surface area contributed by atoms with Gasteiger partial charge in [0.25, 0.3) is 0 Å². The van der Waals surface area contributed by atoms with Gasteiger partial charge in [0.05, 0.1) is 5.56 Å². The Bertz CT molecular complexity index is 1490. The van der Waals surface area contributed by atoms with Crippen molar-refractivity contribution < 1.29 is 22.8 Å². The van der Waals surface area contributed by atoms with Crippen molar-refractivity contribution in [2.45, 2.75) is 6.92 Å². The number of furan rings is 1. The fourth-order valence-corrected chi connectivity index (χ4v) is 3.49. The van der Waals surface area contributed by atoms with Crippen LogP contribution in [0.5, 0.6) is 5.75 Å². The van der Waals surface area contributed by atoms with Gasteiger partial charge in [-0.05, 0) is 55.0 Å². The number of hydrogen-bond donors (Lipinski definition) is 0. The fourth-order valence-electron chi connectivity index (χ4n) is 3.49. The summed E-state index contributed by atoms with van der Waals surface area (Å²) in [4.78, 5) is 24.7. The summed E-state index contributed by atoms with van der Waals surface area (Å²) in [6.07, 6.45) is 0. The lowest BCUT2D eigenvalue weighted by Gasteiger charge is -2.10. The van der Waals surface area contributed by atoms with Gasteiger partial charge in [0.2, 0.25) is 0 Å². The van der Waals surface area contributed by atoms with Gasteiger partial charge < -0.3 is 13.6 Å². The molecule has 0 radical (unpaired) electrons. The van der Waals surface area contributed by atoms with E-state index < -0.39 is 17.4 Å². The van der Waals surface area contributed by atoms with Crippen LogP contribution in [-0.4, -0.2) is 5.97 Å². The van der Waals surface area contributed by atoms with Crippen LogP contribution in [0.15, 0.2) is 86.4 Å². The minimum absolute atomic E-state index is 0.0941. The van der Waals surface area contributed by atoms with Crippen LogP contribution >= 0.6 is 0 Å². The molecule has 0 saturated heterocycles. The van der Waals surface area contributed by atoms with E-state index in [2.05, 4.69) is 0 Å². The van der Waals surface area contributed by atoms with E-state index in [0.717, 1.165) is 11.5 Å². The molecule has 0 unspecified atom stereocenters. The first kappa shape index (κ1) is 18.8. The van der Waals surface area contributed by atoms with Crippen molar-refractivity contribution in [1.29, 1.82) is 0 Å². The Kier molecular flexibility index (Phi) is 4.40. The van der Waals surface area contributed by atoms with E-state index in [0.29, 0.717) is 33.4 Å². The summed E-state index contributed by atoms with van der Waals surface area (Å²) < 4.78 is 30.3. The molecule has 0 aliphatic heterocycles. The van der Waals surface area contributed by atoms with Crippen LogP contribution in [0.1, 0.15) is 15.9 Å². The molecule has 0 saturated carbocycles. The number of benzene rings is 3. The van der Waals surface area contributed by atoms with Crippen LogP contribution in [-0.2, 0) is 0 Å². The van der Waals surface area contributed by atoms with Crippen LogP contribution in [0.25, 0.3) is 33.3 Å². The van der Waals surface area contributed by atoms with Gasteiger partial charge in [-0.1, -0.05) is 24.3 Å². The summed E-state index contributed by atoms with van der Waals surface area (Å²) in [6.45, 7) is 1.72. The van der Waals surface area contributed by atoms with E-state index in [1.54, 1.807) is 19.1 Å². The number of ether oxygens (including phenoxy) is 1. The lowest BCUT2D eigenvalue weighted by molar-refractivity contribution is 0.0733. The number of carbonyl (C=O) groups excluding carboxylic acids is 1. The summed E-state index contributed by atoms with van der Waals surface area (Å²) in [5, 5.41) is 1.44. The van der Waals surface area contributed by atoms with E-state index in [-0.39, 0.29) is 11.3 Å². The molecule has 0 spiro atoms. The zero-order chi connectivity index (χ0) is 21.5. The van der Waals surface area contributed by atoms with Crippen LogP contribution < -0.4 is 10.4 Å². The van der Waals surface area contributed by atoms with Gasteiger partial charge in [0, 0.05) is 22.4 Å². The Hall–Kier alpha value is -4.19. The maximum atomic E-state index is 13.5. The van der Waals surface area contributed by atoms with Crippen LogP contribution in [0.2, 0.25) is 0 Å². The molecule has 5 aromatic rings. The van der Waals surface area contributed by atoms with Crippen LogP contribution in [0.3, 0.4) is 0 Å². The predicted molar refractivity (Wildman–Crippen MR) is 114 cm³/mol. The number of rotatable bonds is 3. The molecule has 0 N–H and O–H groups in total. The number of hydrogen-bond acceptors (Lipinski definition) is 5. The van der Waals surface area contributed by atoms with Crippen molar-refractivity contribution in [3.8, 4) is 17.1 Å². The van der Waals surface area contributed by atoms with Crippen molar-refractivity contribution in [2.75, 3.05) is 0 Å². The smallest absolute Gasteiger partial charge is 0.343 e. The van der Waals surface area contributed by atoms with E-state index >= 15 is 0 Å². The van der Waals surface area contributed by atoms with Crippen molar-refractivity contribution in [2.24, 2.45) is 0 Å². The summed E-state index contributed by atoms with van der Waals surface area (Å²) in [5.74, 6) is -0.457. The Labute approximate surface area is 175 Å². The molecule has 0 bridgehead atoms. The standard InChI is InChI=1S/C25H15FO5/c1-14-9-22-18(12-21(14)31-25(28)16-6-4-7-17(26)10-16)19(13-24(27)30-22)23-11-15-5-2-3-8-20(15)29-23/h2-13H,1H3. The summed E-state index contributed by atoms with van der Waals surface area (Å²) in [6, 6.07) is 19.2. The first-order chi connectivity index (χ1) is 15.0. The number of carbonyl (C=O) groups is 1. The zero-order valence-electron chi connectivity index (χ0n) is 16.3. The van der Waals surface area contributed by atoms with Gasteiger partial charge >= 0.3 is 11.6 Å². The molecule has 0 aliphatic rings. The van der Waals surface area contributed by atoms with Gasteiger partial charge in [0.1, 0.15) is 28.5 Å². The first-order valence-corrected chi connectivity index (χ1v) is 9.53. The molecule has 5 nitrogen and oxygen atoms in total. The topological polar surface area (TPSA) is 69.7 Å². The monoisotopic (exact) mass is 414 g/mol. The van der Waals surface area contributed by atoms with Crippen molar-refractivity contribution in [1.82, 2.24) is 0 Å². The third kappa shape index (κ3) is 3.48. The number of esters is 1. The highest BCUT2D eigenvalue weighted by molar-refractivity contribution is 5.97. The Balaban J connectivity index is 1.63. The largest absolute Gasteiger partial charge is 0.456 e. The Morgan fingerprint density at radius 2 is 1.74 bits per heavy atom. The molecule has 0 amide bonds. The highest BCUT2D eigenvalue weighted by Gasteiger charge is 2.17. The lowest BCUT2D eigenvalue weighted by atomic mass is 10.0. The van der Waals surface area contributed by atoms with Gasteiger partial charge in [-0.3, -0.25) is 0 Å². The van der Waals surface area contributed by atoms with Gasteiger partial charge in [0.15, 0.2) is 0 Å². The highest BCUT2D eigenvalue weighted by Crippen LogP contribution is 2.35. The quantitative estimate of drug-likeness (QED) is 0.210. The fraction of sp³-hybridized carbons (Fsp3) is 0.0400. The normalized spacial score (nSPS) is 11.2. The SMILES string of the molecule is Cc1cc2oc(=O)cc(-c3cc4ccccc4o3)c2cc1OC(=O)c1cccc(F)c1. The second-order valence-corrected chi connectivity index (χ2v) is 7.14. The molecule has 2 heterocycles. The molecule has 0 fully saturated rings. The van der Waals surface area contributed by atoms with Crippen molar-refractivity contribution >= 4 is 27.9 Å². The zero-order valence-corrected chi connectivity index (χ0v) is 16.3. The maximum absolute atomic E-state index is 13.5. The Morgan fingerprint density at radius 3 is 2.55 bits per heavy atom. The average molecular weight is 414 g/mol. The molecule has 152 valence electrons. The number of aryl methyl sites for hydroxylation is 1. The summed E-state index contributed by atoms with van der Waals surface area (Å²) >= 11 is 0. The predicted octanol–water partition coefficient (Wildman–Crippen LogP) is 5.87. The summed E-state index contributed by atoms with van der Waals surface area (Å²) in [5.41, 5.74) is 1.70. The minimum Gasteiger partial charge on any atom is -0.456 e. The molecule has 0 aliphatic carbocycles. The number of para-hydroxylation sites is 1. The third-order valence-electron chi connectivity index (χ3n) is 4.99. The van der Waals surface area contributed by atoms with E-state index in [1.165, 1.54) is 24.3 Å². The summed E-state index contributed by atoms with van der Waals surface area (Å²) in [7, 11) is 0. The molecule has 2 aromatic heterocycles. The molecule has 5 rings (SSSR count). The lowest BCUT2D eigenvalue weighted by Crippen LogP contribution is -2.10. The Morgan fingerprint density at radius 1 is 0.903 bits per heavy atom. The molecule has 6 heteroatoms. The van der Waals surface area contributed by atoms with Crippen LogP contribution in [0.4, 0.5) is 4.39 Å². The molecular weight excluding hydrogens is 399 g/mol. The molecular formula is C25H15FO5. The van der Waals surface area contributed by atoms with Crippen molar-refractivity contribution in [3.63, 3.8) is 0 Å². The molecule has 0 atom stereocenters. The number of fused-ring (bicyclic) bond motifs is 2. The van der Waals surface area contributed by atoms with Gasteiger partial charge in [-0.2, -0.15) is 0 Å². The average Bonchev–Trinajstić information content (AvgIpc) is 3.18. The van der Waals surface area contributed by atoms with E-state index in [1.807, 2.05) is 30.3 Å². The second kappa shape index (κ2) is 7.25. The van der Waals surface area contributed by atoms with Crippen LogP contribution in [0, 0.1) is 12.7 Å². The van der Waals surface area contributed by atoms with Gasteiger partial charge in [-0.15, -0.1) is 0 Å². The van der Waals surface area contributed by atoms with E-state index in [4.69, 9.17) is 13.6 Å². The molecule has 3 aromatic carbocycles. The first-order valence-electron chi connectivity index (χ1n) is 9.53. The van der Waals surface area contributed by atoms with E-state index in [9.17, 15) is 14.0 Å². The third-order valence-corrected chi connectivity index (χ3v) is 4.99. The molecule has 31 heavy (non-hydrogen) atoms. The minimum atomic E-state index is -0.690.